The second-order valence-corrected chi connectivity index (χ2v) is 4.36. The number of benzene rings is 1. The Morgan fingerprint density at radius 2 is 2.00 bits per heavy atom. The van der Waals surface area contributed by atoms with Gasteiger partial charge in [0.15, 0.2) is 0 Å². The lowest BCUT2D eigenvalue weighted by Crippen LogP contribution is -1.90. The minimum absolute atomic E-state index is 0.0448. The van der Waals surface area contributed by atoms with Gasteiger partial charge in [-0.3, -0.25) is 14.5 Å². The number of rotatable bonds is 3. The molecule has 7 nitrogen and oxygen atoms in total. The molecule has 0 fully saturated rings. The Morgan fingerprint density at radius 1 is 1.24 bits per heavy atom. The molecule has 3 rings (SSSR count). The smallest absolute Gasteiger partial charge is 0.269 e. The van der Waals surface area contributed by atoms with E-state index in [-0.39, 0.29) is 5.69 Å². The van der Waals surface area contributed by atoms with Crippen LogP contribution in [0.3, 0.4) is 0 Å². The summed E-state index contributed by atoms with van der Waals surface area (Å²) in [6, 6.07) is 11.9. The number of non-ortho nitro benzene ring substituents is 1. The SMILES string of the molecule is NN=Cc1nc(-c2ccc([N+](=O)[O-])cc2)n2ccccc12. The Labute approximate surface area is 119 Å². The molecule has 7 heteroatoms. The molecule has 2 aromatic heterocycles. The van der Waals surface area contributed by atoms with Crippen LogP contribution in [0.5, 0.6) is 0 Å². The van der Waals surface area contributed by atoms with Gasteiger partial charge in [-0.25, -0.2) is 4.98 Å². The number of nitro benzene ring substituents is 1. The van der Waals surface area contributed by atoms with Gasteiger partial charge in [-0.1, -0.05) is 6.07 Å². The van der Waals surface area contributed by atoms with Gasteiger partial charge < -0.3 is 5.84 Å². The summed E-state index contributed by atoms with van der Waals surface area (Å²) < 4.78 is 1.89. The number of imidazole rings is 1. The van der Waals surface area contributed by atoms with Gasteiger partial charge in [0.1, 0.15) is 11.5 Å². The predicted molar refractivity (Wildman–Crippen MR) is 79.1 cm³/mol. The molecule has 2 heterocycles. The zero-order chi connectivity index (χ0) is 14.8. The molecule has 0 atom stereocenters. The lowest BCUT2D eigenvalue weighted by Gasteiger charge is -2.00. The van der Waals surface area contributed by atoms with E-state index in [9.17, 15) is 10.1 Å². The van der Waals surface area contributed by atoms with E-state index in [2.05, 4.69) is 10.1 Å². The maximum absolute atomic E-state index is 10.7. The summed E-state index contributed by atoms with van der Waals surface area (Å²) in [7, 11) is 0. The predicted octanol–water partition coefficient (Wildman–Crippen LogP) is 2.20. The molecule has 3 aromatic rings. The summed E-state index contributed by atoms with van der Waals surface area (Å²) in [6.07, 6.45) is 3.34. The van der Waals surface area contributed by atoms with E-state index in [1.165, 1.54) is 18.3 Å². The number of nitrogens with zero attached hydrogens (tertiary/aromatic N) is 4. The molecule has 0 saturated heterocycles. The van der Waals surface area contributed by atoms with Crippen molar-refractivity contribution in [3.8, 4) is 11.4 Å². The minimum Gasteiger partial charge on any atom is -0.323 e. The Kier molecular flexibility index (Phi) is 3.07. The van der Waals surface area contributed by atoms with E-state index in [0.717, 1.165) is 11.1 Å². The van der Waals surface area contributed by atoms with Crippen molar-refractivity contribution in [2.24, 2.45) is 10.9 Å². The molecule has 104 valence electrons. The maximum Gasteiger partial charge on any atom is 0.269 e. The van der Waals surface area contributed by atoms with E-state index in [1.54, 1.807) is 12.1 Å². The molecule has 0 bridgehead atoms. The van der Waals surface area contributed by atoms with E-state index < -0.39 is 4.92 Å². The molecule has 0 aliphatic heterocycles. The third kappa shape index (κ3) is 2.20. The van der Waals surface area contributed by atoms with Gasteiger partial charge >= 0.3 is 0 Å². The minimum atomic E-state index is -0.431. The molecule has 2 N–H and O–H groups in total. The highest BCUT2D eigenvalue weighted by Crippen LogP contribution is 2.24. The quantitative estimate of drug-likeness (QED) is 0.344. The molecule has 0 spiro atoms. The van der Waals surface area contributed by atoms with Crippen LogP contribution in [0.2, 0.25) is 0 Å². The molecule has 0 saturated carbocycles. The van der Waals surface area contributed by atoms with E-state index in [1.807, 2.05) is 28.8 Å². The Bertz CT molecular complexity index is 836. The Morgan fingerprint density at radius 3 is 2.67 bits per heavy atom. The standard InChI is InChI=1S/C14H11N5O2/c15-16-9-12-13-3-1-2-8-18(13)14(17-12)10-4-6-11(7-5-10)19(20)21/h1-9H,15H2. The number of pyridine rings is 1. The summed E-state index contributed by atoms with van der Waals surface area (Å²) in [5.41, 5.74) is 2.33. The van der Waals surface area contributed by atoms with Crippen molar-refractivity contribution in [2.45, 2.75) is 0 Å². The van der Waals surface area contributed by atoms with Crippen molar-refractivity contribution in [2.75, 3.05) is 0 Å². The van der Waals surface area contributed by atoms with Crippen LogP contribution in [0.25, 0.3) is 16.9 Å². The first-order valence-corrected chi connectivity index (χ1v) is 6.16. The van der Waals surface area contributed by atoms with Crippen LogP contribution in [-0.2, 0) is 0 Å². The van der Waals surface area contributed by atoms with Gasteiger partial charge in [-0.2, -0.15) is 5.10 Å². The fourth-order valence-electron chi connectivity index (χ4n) is 2.16. The molecular formula is C14H11N5O2. The third-order valence-electron chi connectivity index (χ3n) is 3.11. The Balaban J connectivity index is 2.18. The van der Waals surface area contributed by atoms with Crippen molar-refractivity contribution in [1.29, 1.82) is 0 Å². The molecule has 0 amide bonds. The topological polar surface area (TPSA) is 98.8 Å². The monoisotopic (exact) mass is 281 g/mol. The summed E-state index contributed by atoms with van der Waals surface area (Å²) in [5.74, 6) is 5.87. The van der Waals surface area contributed by atoms with Gasteiger partial charge in [0.25, 0.3) is 5.69 Å². The number of fused-ring (bicyclic) bond motifs is 1. The molecular weight excluding hydrogens is 270 g/mol. The highest BCUT2D eigenvalue weighted by atomic mass is 16.6. The first-order valence-electron chi connectivity index (χ1n) is 6.16. The highest BCUT2D eigenvalue weighted by Gasteiger charge is 2.12. The zero-order valence-corrected chi connectivity index (χ0v) is 10.9. The van der Waals surface area contributed by atoms with E-state index in [0.29, 0.717) is 11.5 Å². The lowest BCUT2D eigenvalue weighted by molar-refractivity contribution is -0.384. The van der Waals surface area contributed by atoms with Crippen LogP contribution in [0.1, 0.15) is 5.69 Å². The van der Waals surface area contributed by atoms with Crippen LogP contribution in [0.4, 0.5) is 5.69 Å². The summed E-state index contributed by atoms with van der Waals surface area (Å²) >= 11 is 0. The summed E-state index contributed by atoms with van der Waals surface area (Å²) in [6.45, 7) is 0. The van der Waals surface area contributed by atoms with Crippen LogP contribution in [0, 0.1) is 10.1 Å². The van der Waals surface area contributed by atoms with Gasteiger partial charge in [-0.15, -0.1) is 0 Å². The van der Waals surface area contributed by atoms with E-state index >= 15 is 0 Å². The molecule has 1 aromatic carbocycles. The number of aromatic nitrogens is 2. The van der Waals surface area contributed by atoms with Gasteiger partial charge in [0.2, 0.25) is 0 Å². The maximum atomic E-state index is 10.7. The van der Waals surface area contributed by atoms with Gasteiger partial charge in [0, 0.05) is 23.9 Å². The van der Waals surface area contributed by atoms with Crippen molar-refractivity contribution < 1.29 is 4.92 Å². The normalized spacial score (nSPS) is 11.2. The number of hydrogen-bond acceptors (Lipinski definition) is 5. The second kappa shape index (κ2) is 5.04. The van der Waals surface area contributed by atoms with Crippen molar-refractivity contribution in [3.63, 3.8) is 0 Å². The fourth-order valence-corrected chi connectivity index (χ4v) is 2.16. The van der Waals surface area contributed by atoms with Gasteiger partial charge in [-0.05, 0) is 24.3 Å². The van der Waals surface area contributed by atoms with Crippen molar-refractivity contribution >= 4 is 17.4 Å². The fraction of sp³-hybridized carbons (Fsp3) is 0. The molecule has 0 aliphatic carbocycles. The van der Waals surface area contributed by atoms with Crippen LogP contribution >= 0.6 is 0 Å². The van der Waals surface area contributed by atoms with Crippen molar-refractivity contribution in [3.05, 3.63) is 64.5 Å². The highest BCUT2D eigenvalue weighted by molar-refractivity contribution is 5.88. The van der Waals surface area contributed by atoms with Crippen LogP contribution in [0.15, 0.2) is 53.8 Å². The largest absolute Gasteiger partial charge is 0.323 e. The average Bonchev–Trinajstić information content (AvgIpc) is 2.87. The van der Waals surface area contributed by atoms with Crippen molar-refractivity contribution in [1.82, 2.24) is 9.38 Å². The lowest BCUT2D eigenvalue weighted by atomic mass is 10.2. The number of nitrogens with two attached hydrogens (primary N) is 1. The summed E-state index contributed by atoms with van der Waals surface area (Å²) in [5, 5.41) is 14.2. The van der Waals surface area contributed by atoms with Crippen LogP contribution in [-0.4, -0.2) is 20.5 Å². The second-order valence-electron chi connectivity index (χ2n) is 4.36. The first kappa shape index (κ1) is 12.8. The number of hydrogen-bond donors (Lipinski definition) is 1. The van der Waals surface area contributed by atoms with E-state index in [4.69, 9.17) is 5.84 Å². The summed E-state index contributed by atoms with van der Waals surface area (Å²) in [4.78, 5) is 14.8. The van der Waals surface area contributed by atoms with Gasteiger partial charge in [0.05, 0.1) is 16.7 Å². The van der Waals surface area contributed by atoms with Crippen LogP contribution < -0.4 is 5.84 Å². The first-order chi connectivity index (χ1) is 10.2. The third-order valence-corrected chi connectivity index (χ3v) is 3.11. The Hall–Kier alpha value is -3.22. The average molecular weight is 281 g/mol. The molecule has 0 aliphatic rings. The number of nitro groups is 1. The number of hydrazone groups is 1. The zero-order valence-electron chi connectivity index (χ0n) is 10.9. The molecule has 0 unspecified atom stereocenters. The molecule has 0 radical (unpaired) electrons. The molecule has 21 heavy (non-hydrogen) atoms.